The lowest BCUT2D eigenvalue weighted by Gasteiger charge is -2.34. The third-order valence-corrected chi connectivity index (χ3v) is 5.56. The largest absolute Gasteiger partial charge is 0.454 e. The van der Waals surface area contributed by atoms with Crippen LogP contribution in [0.4, 0.5) is 5.69 Å². The van der Waals surface area contributed by atoms with Crippen LogP contribution in [-0.2, 0) is 4.79 Å². The van der Waals surface area contributed by atoms with Crippen molar-refractivity contribution in [3.63, 3.8) is 0 Å². The van der Waals surface area contributed by atoms with Crippen molar-refractivity contribution in [2.24, 2.45) is 0 Å². The Morgan fingerprint density at radius 2 is 1.92 bits per heavy atom. The molecule has 2 heterocycles. The van der Waals surface area contributed by atoms with Gasteiger partial charge in [-0.2, -0.15) is 0 Å². The number of Topliss-reactive ketones (excluding diaryl/α,β-unsaturated/α-hetero) is 1. The van der Waals surface area contributed by atoms with Gasteiger partial charge in [0.25, 0.3) is 0 Å². The molecule has 0 amide bonds. The minimum Gasteiger partial charge on any atom is -0.454 e. The van der Waals surface area contributed by atoms with E-state index < -0.39 is 0 Å². The van der Waals surface area contributed by atoms with Crippen molar-refractivity contribution in [1.82, 2.24) is 0 Å². The summed E-state index contributed by atoms with van der Waals surface area (Å²) in [5, 5.41) is 3.48. The molecule has 2 aromatic rings. The van der Waals surface area contributed by atoms with Gasteiger partial charge in [0.2, 0.25) is 6.79 Å². The number of carbonyl (C=O) groups is 1. The van der Waals surface area contributed by atoms with Crippen LogP contribution in [0.2, 0.25) is 0 Å². The van der Waals surface area contributed by atoms with Crippen molar-refractivity contribution < 1.29 is 14.3 Å². The van der Waals surface area contributed by atoms with Crippen molar-refractivity contribution in [2.45, 2.75) is 25.2 Å². The number of hydrogen-bond donors (Lipinski definition) is 1. The summed E-state index contributed by atoms with van der Waals surface area (Å²) in [6.45, 7) is 0.242. The summed E-state index contributed by atoms with van der Waals surface area (Å²) in [7, 11) is 0. The minimum absolute atomic E-state index is 0.0777. The van der Waals surface area contributed by atoms with Crippen LogP contribution in [0.3, 0.4) is 0 Å². The molecule has 0 bridgehead atoms. The molecule has 2 aliphatic heterocycles. The number of allylic oxidation sites excluding steroid dienone is 2. The molecular weight excluding hydrogens is 382 g/mol. The van der Waals surface area contributed by atoms with Gasteiger partial charge in [-0.25, -0.2) is 0 Å². The molecule has 1 N–H and O–H groups in total. The van der Waals surface area contributed by atoms with Gasteiger partial charge in [0.05, 0.1) is 0 Å². The van der Waals surface area contributed by atoms with E-state index in [4.69, 9.17) is 9.47 Å². The summed E-state index contributed by atoms with van der Waals surface area (Å²) in [5.74, 6) is 1.66. The number of anilines is 1. The number of fused-ring (bicyclic) bond motifs is 2. The fourth-order valence-electron chi connectivity index (χ4n) is 3.98. The zero-order valence-electron chi connectivity index (χ0n) is 13.5. The van der Waals surface area contributed by atoms with E-state index >= 15 is 0 Å². The van der Waals surface area contributed by atoms with Crippen LogP contribution in [-0.4, -0.2) is 12.6 Å². The van der Waals surface area contributed by atoms with Gasteiger partial charge in [-0.05, 0) is 42.2 Å². The molecule has 126 valence electrons. The third-order valence-electron chi connectivity index (χ3n) is 5.07. The molecule has 1 atom stereocenters. The molecule has 0 radical (unpaired) electrons. The zero-order chi connectivity index (χ0) is 17.0. The highest BCUT2D eigenvalue weighted by Crippen LogP contribution is 2.49. The van der Waals surface area contributed by atoms with Crippen LogP contribution in [0.5, 0.6) is 11.5 Å². The van der Waals surface area contributed by atoms with Crippen LogP contribution >= 0.6 is 15.9 Å². The van der Waals surface area contributed by atoms with Crippen LogP contribution in [0.25, 0.3) is 0 Å². The first-order chi connectivity index (χ1) is 12.2. The molecular formula is C20H16BrNO3. The third kappa shape index (κ3) is 2.37. The van der Waals surface area contributed by atoms with E-state index in [9.17, 15) is 4.79 Å². The average Bonchev–Trinajstić information content (AvgIpc) is 3.05. The van der Waals surface area contributed by atoms with Gasteiger partial charge in [0, 0.05) is 39.8 Å². The van der Waals surface area contributed by atoms with E-state index in [0.717, 1.165) is 56.9 Å². The molecule has 5 heteroatoms. The average molecular weight is 398 g/mol. The molecule has 2 aromatic carbocycles. The summed E-state index contributed by atoms with van der Waals surface area (Å²) in [6, 6.07) is 12.2. The van der Waals surface area contributed by atoms with E-state index in [1.807, 2.05) is 24.3 Å². The smallest absolute Gasteiger partial charge is 0.231 e. The number of ether oxygens (including phenoxy) is 2. The maximum Gasteiger partial charge on any atom is 0.231 e. The van der Waals surface area contributed by atoms with Gasteiger partial charge in [-0.15, -0.1) is 0 Å². The Labute approximate surface area is 154 Å². The second kappa shape index (κ2) is 5.63. The quantitative estimate of drug-likeness (QED) is 0.754. The molecule has 0 aromatic heterocycles. The normalized spacial score (nSPS) is 20.8. The van der Waals surface area contributed by atoms with Crippen molar-refractivity contribution in [3.05, 3.63) is 63.3 Å². The van der Waals surface area contributed by atoms with Crippen molar-refractivity contribution >= 4 is 27.4 Å². The zero-order valence-corrected chi connectivity index (χ0v) is 15.1. The lowest BCUT2D eigenvalue weighted by molar-refractivity contribution is -0.116. The number of nitrogens with one attached hydrogen (secondary N) is 1. The fourth-order valence-corrected chi connectivity index (χ4v) is 4.40. The Hall–Kier alpha value is -2.27. The lowest BCUT2D eigenvalue weighted by atomic mass is 9.75. The molecule has 4 nitrogen and oxygen atoms in total. The Morgan fingerprint density at radius 1 is 1.08 bits per heavy atom. The highest BCUT2D eigenvalue weighted by molar-refractivity contribution is 9.10. The highest BCUT2D eigenvalue weighted by atomic mass is 79.9. The van der Waals surface area contributed by atoms with E-state index in [2.05, 4.69) is 33.4 Å². The number of ketones is 1. The summed E-state index contributed by atoms with van der Waals surface area (Å²) in [6.07, 6.45) is 2.42. The first kappa shape index (κ1) is 15.0. The van der Waals surface area contributed by atoms with Crippen molar-refractivity contribution in [1.29, 1.82) is 0 Å². The molecule has 5 rings (SSSR count). The number of hydrogen-bond acceptors (Lipinski definition) is 4. The van der Waals surface area contributed by atoms with Crippen LogP contribution in [0, 0.1) is 0 Å². The first-order valence-electron chi connectivity index (χ1n) is 8.43. The Bertz CT molecular complexity index is 935. The second-order valence-corrected chi connectivity index (χ2v) is 7.49. The second-order valence-electron chi connectivity index (χ2n) is 6.57. The lowest BCUT2D eigenvalue weighted by Crippen LogP contribution is -2.26. The van der Waals surface area contributed by atoms with Crippen molar-refractivity contribution in [3.8, 4) is 11.5 Å². The van der Waals surface area contributed by atoms with Gasteiger partial charge in [-0.1, -0.05) is 28.1 Å². The summed E-state index contributed by atoms with van der Waals surface area (Å²) in [5.41, 5.74) is 5.13. The maximum absolute atomic E-state index is 12.8. The van der Waals surface area contributed by atoms with Crippen molar-refractivity contribution in [2.75, 3.05) is 12.1 Å². The number of halogens is 1. The Kier molecular flexibility index (Phi) is 3.38. The highest BCUT2D eigenvalue weighted by Gasteiger charge is 2.36. The number of benzene rings is 2. The van der Waals surface area contributed by atoms with Crippen LogP contribution < -0.4 is 14.8 Å². The molecule has 0 saturated heterocycles. The maximum atomic E-state index is 12.8. The molecule has 0 fully saturated rings. The summed E-state index contributed by atoms with van der Waals surface area (Å²) < 4.78 is 12.1. The summed E-state index contributed by atoms with van der Waals surface area (Å²) in [4.78, 5) is 12.8. The predicted molar refractivity (Wildman–Crippen MR) is 98.1 cm³/mol. The van der Waals surface area contributed by atoms with E-state index in [1.165, 1.54) is 0 Å². The summed E-state index contributed by atoms with van der Waals surface area (Å²) >= 11 is 3.56. The van der Waals surface area contributed by atoms with Gasteiger partial charge in [0.15, 0.2) is 17.3 Å². The number of rotatable bonds is 1. The van der Waals surface area contributed by atoms with E-state index in [-0.39, 0.29) is 18.5 Å². The Morgan fingerprint density at radius 3 is 2.76 bits per heavy atom. The SMILES string of the molecule is O=C1CCCC2=C1[C@@H](c1cccc(Br)c1)c1cc3c(cc1N2)OCO3. The minimum atomic E-state index is -0.0777. The molecule has 3 aliphatic rings. The first-order valence-corrected chi connectivity index (χ1v) is 9.22. The Balaban J connectivity index is 1.75. The standard InChI is InChI=1S/C20H16BrNO3/c21-12-4-1-3-11(7-12)19-13-8-17-18(25-10-24-17)9-15(13)22-14-5-2-6-16(23)20(14)19/h1,3-4,7-9,19,22H,2,5-6,10H2/t19-/m0/s1. The van der Waals surface area contributed by atoms with Gasteiger partial charge < -0.3 is 14.8 Å². The molecule has 1 aliphatic carbocycles. The van der Waals surface area contributed by atoms with Crippen LogP contribution in [0.1, 0.15) is 36.3 Å². The van der Waals surface area contributed by atoms with Crippen LogP contribution in [0.15, 0.2) is 52.1 Å². The fraction of sp³-hybridized carbons (Fsp3) is 0.250. The van der Waals surface area contributed by atoms with Gasteiger partial charge >= 0.3 is 0 Å². The molecule has 0 unspecified atom stereocenters. The van der Waals surface area contributed by atoms with Gasteiger partial charge in [0.1, 0.15) is 0 Å². The number of carbonyl (C=O) groups excluding carboxylic acids is 1. The predicted octanol–water partition coefficient (Wildman–Crippen LogP) is 4.74. The topological polar surface area (TPSA) is 47.6 Å². The molecule has 25 heavy (non-hydrogen) atoms. The molecule has 0 spiro atoms. The van der Waals surface area contributed by atoms with Gasteiger partial charge in [-0.3, -0.25) is 4.79 Å². The monoisotopic (exact) mass is 397 g/mol. The van der Waals surface area contributed by atoms with E-state index in [1.54, 1.807) is 0 Å². The molecule has 0 saturated carbocycles. The van der Waals surface area contributed by atoms with E-state index in [0.29, 0.717) is 6.42 Å².